The Bertz CT molecular complexity index is 210. The van der Waals surface area contributed by atoms with E-state index >= 15 is 0 Å². The van der Waals surface area contributed by atoms with Crippen LogP contribution in [-0.4, -0.2) is 47.7 Å². The molecule has 100 valence electrons. The van der Waals surface area contributed by atoms with E-state index in [0.717, 1.165) is 25.6 Å². The van der Waals surface area contributed by atoms with Gasteiger partial charge in [0, 0.05) is 33.4 Å². The SMILES string of the molecule is C=CCN(CC=C)CO[Si](CCC)(OC)OC. The van der Waals surface area contributed by atoms with Gasteiger partial charge in [-0.2, -0.15) is 0 Å². The summed E-state index contributed by atoms with van der Waals surface area (Å²) in [5.74, 6) is 0. The van der Waals surface area contributed by atoms with Crippen LogP contribution in [0.25, 0.3) is 0 Å². The van der Waals surface area contributed by atoms with E-state index in [4.69, 9.17) is 13.3 Å². The van der Waals surface area contributed by atoms with Gasteiger partial charge in [0.25, 0.3) is 0 Å². The molecule has 0 saturated heterocycles. The summed E-state index contributed by atoms with van der Waals surface area (Å²) in [6, 6.07) is 0.829. The minimum Gasteiger partial charge on any atom is -0.377 e. The van der Waals surface area contributed by atoms with Gasteiger partial charge in [0.2, 0.25) is 0 Å². The van der Waals surface area contributed by atoms with Gasteiger partial charge in [0.05, 0.1) is 6.73 Å². The second-order valence-corrected chi connectivity index (χ2v) is 6.70. The molecule has 4 nitrogen and oxygen atoms in total. The summed E-state index contributed by atoms with van der Waals surface area (Å²) < 4.78 is 16.8. The molecular weight excluding hydrogens is 234 g/mol. The molecule has 0 heterocycles. The molecule has 0 unspecified atom stereocenters. The van der Waals surface area contributed by atoms with E-state index in [0.29, 0.717) is 6.73 Å². The molecule has 0 aromatic rings. The lowest BCUT2D eigenvalue weighted by atomic mass is 10.5. The maximum absolute atomic E-state index is 5.86. The van der Waals surface area contributed by atoms with Crippen LogP contribution in [0.2, 0.25) is 6.04 Å². The summed E-state index contributed by atoms with van der Waals surface area (Å²) in [6.07, 6.45) is 4.67. The van der Waals surface area contributed by atoms with Gasteiger partial charge in [-0.05, 0) is 0 Å². The van der Waals surface area contributed by atoms with Gasteiger partial charge in [-0.25, -0.2) is 0 Å². The standard InChI is InChI=1S/C12H25NO3Si/c1-6-9-13(10-7-2)12-16-17(14-4,15-5)11-8-3/h6-7H,1-2,8-12H2,3-5H3. The minimum atomic E-state index is -2.47. The Morgan fingerprint density at radius 1 is 1.12 bits per heavy atom. The van der Waals surface area contributed by atoms with Crippen LogP contribution in [0.3, 0.4) is 0 Å². The van der Waals surface area contributed by atoms with Crippen molar-refractivity contribution >= 4 is 8.80 Å². The highest BCUT2D eigenvalue weighted by Gasteiger charge is 2.38. The average Bonchev–Trinajstić information content (AvgIpc) is 2.35. The highest BCUT2D eigenvalue weighted by molar-refractivity contribution is 6.60. The molecule has 0 aliphatic heterocycles. The third kappa shape index (κ3) is 6.14. The van der Waals surface area contributed by atoms with Crippen molar-refractivity contribution in [2.24, 2.45) is 0 Å². The summed E-state index contributed by atoms with van der Waals surface area (Å²) in [4.78, 5) is 2.08. The fourth-order valence-electron chi connectivity index (χ4n) is 1.52. The Morgan fingerprint density at radius 2 is 1.65 bits per heavy atom. The van der Waals surface area contributed by atoms with Crippen molar-refractivity contribution in [2.45, 2.75) is 19.4 Å². The van der Waals surface area contributed by atoms with E-state index in [2.05, 4.69) is 25.0 Å². The number of nitrogens with zero attached hydrogens (tertiary/aromatic N) is 1. The van der Waals surface area contributed by atoms with Crippen molar-refractivity contribution in [3.63, 3.8) is 0 Å². The molecule has 0 atom stereocenters. The fourth-order valence-corrected chi connectivity index (χ4v) is 3.46. The van der Waals surface area contributed by atoms with Crippen LogP contribution in [0.4, 0.5) is 0 Å². The van der Waals surface area contributed by atoms with E-state index in [1.807, 2.05) is 12.2 Å². The monoisotopic (exact) mass is 259 g/mol. The van der Waals surface area contributed by atoms with E-state index < -0.39 is 8.80 Å². The molecular formula is C12H25NO3Si. The van der Waals surface area contributed by atoms with Crippen molar-refractivity contribution in [2.75, 3.05) is 34.0 Å². The van der Waals surface area contributed by atoms with Crippen molar-refractivity contribution in [3.8, 4) is 0 Å². The third-order valence-electron chi connectivity index (χ3n) is 2.42. The maximum atomic E-state index is 5.86. The van der Waals surface area contributed by atoms with Gasteiger partial charge in [-0.15, -0.1) is 13.2 Å². The Hall–Kier alpha value is -0.463. The molecule has 0 spiro atoms. The number of hydrogen-bond acceptors (Lipinski definition) is 4. The zero-order chi connectivity index (χ0) is 13.1. The lowest BCUT2D eigenvalue weighted by molar-refractivity contribution is 0.0460. The zero-order valence-electron chi connectivity index (χ0n) is 11.3. The third-order valence-corrected chi connectivity index (χ3v) is 5.35. The van der Waals surface area contributed by atoms with Gasteiger partial charge in [-0.3, -0.25) is 4.90 Å². The summed E-state index contributed by atoms with van der Waals surface area (Å²) in [6.45, 7) is 11.5. The van der Waals surface area contributed by atoms with Gasteiger partial charge >= 0.3 is 8.80 Å². The lowest BCUT2D eigenvalue weighted by Gasteiger charge is -2.29. The van der Waals surface area contributed by atoms with Crippen LogP contribution >= 0.6 is 0 Å². The maximum Gasteiger partial charge on any atom is 0.501 e. The first kappa shape index (κ1) is 16.5. The van der Waals surface area contributed by atoms with Gasteiger partial charge in [0.1, 0.15) is 0 Å². The first-order valence-corrected chi connectivity index (χ1v) is 7.79. The van der Waals surface area contributed by atoms with E-state index in [9.17, 15) is 0 Å². The fraction of sp³-hybridized carbons (Fsp3) is 0.667. The molecule has 0 fully saturated rings. The zero-order valence-corrected chi connectivity index (χ0v) is 12.3. The summed E-state index contributed by atoms with van der Waals surface area (Å²) >= 11 is 0. The molecule has 0 N–H and O–H groups in total. The molecule has 0 radical (unpaired) electrons. The molecule has 0 bridgehead atoms. The molecule has 0 amide bonds. The lowest BCUT2D eigenvalue weighted by Crippen LogP contribution is -2.46. The molecule has 17 heavy (non-hydrogen) atoms. The highest BCUT2D eigenvalue weighted by atomic mass is 28.4. The molecule has 0 aliphatic carbocycles. The number of hydrogen-bond donors (Lipinski definition) is 0. The molecule has 0 aromatic heterocycles. The Kier molecular flexibility index (Phi) is 9.29. The van der Waals surface area contributed by atoms with Crippen LogP contribution in [0.15, 0.2) is 25.3 Å². The van der Waals surface area contributed by atoms with Crippen molar-refractivity contribution in [1.82, 2.24) is 4.90 Å². The highest BCUT2D eigenvalue weighted by Crippen LogP contribution is 2.16. The predicted molar refractivity (Wildman–Crippen MR) is 72.8 cm³/mol. The predicted octanol–water partition coefficient (Wildman–Crippen LogP) is 2.28. The second kappa shape index (κ2) is 9.56. The summed E-state index contributed by atoms with van der Waals surface area (Å²) in [5, 5.41) is 0. The van der Waals surface area contributed by atoms with Gasteiger partial charge < -0.3 is 13.3 Å². The van der Waals surface area contributed by atoms with Crippen molar-refractivity contribution in [1.29, 1.82) is 0 Å². The molecule has 0 aliphatic rings. The first-order valence-electron chi connectivity index (χ1n) is 5.86. The van der Waals surface area contributed by atoms with Crippen molar-refractivity contribution < 1.29 is 13.3 Å². The number of rotatable bonds is 11. The first-order chi connectivity index (χ1) is 8.17. The van der Waals surface area contributed by atoms with Crippen molar-refractivity contribution in [3.05, 3.63) is 25.3 Å². The van der Waals surface area contributed by atoms with Crippen LogP contribution in [0.1, 0.15) is 13.3 Å². The largest absolute Gasteiger partial charge is 0.501 e. The van der Waals surface area contributed by atoms with Crippen LogP contribution in [-0.2, 0) is 13.3 Å². The van der Waals surface area contributed by atoms with E-state index in [-0.39, 0.29) is 0 Å². The molecule has 0 rings (SSSR count). The van der Waals surface area contributed by atoms with Crippen LogP contribution in [0, 0.1) is 0 Å². The second-order valence-electron chi connectivity index (χ2n) is 3.73. The molecule has 0 aromatic carbocycles. The quantitative estimate of drug-likeness (QED) is 0.323. The Balaban J connectivity index is 4.33. The Labute approximate surface area is 106 Å². The average molecular weight is 259 g/mol. The van der Waals surface area contributed by atoms with Gasteiger partial charge in [-0.1, -0.05) is 25.5 Å². The van der Waals surface area contributed by atoms with Crippen LogP contribution < -0.4 is 0 Å². The smallest absolute Gasteiger partial charge is 0.377 e. The summed E-state index contributed by atoms with van der Waals surface area (Å²) in [7, 11) is 0.825. The minimum absolute atomic E-state index is 0.478. The summed E-state index contributed by atoms with van der Waals surface area (Å²) in [5.41, 5.74) is 0. The topological polar surface area (TPSA) is 30.9 Å². The Morgan fingerprint density at radius 3 is 2.00 bits per heavy atom. The van der Waals surface area contributed by atoms with E-state index in [1.54, 1.807) is 14.2 Å². The molecule has 0 saturated carbocycles. The normalized spacial score (nSPS) is 11.8. The molecule has 5 heteroatoms. The van der Waals surface area contributed by atoms with Gasteiger partial charge in [0.15, 0.2) is 0 Å². The van der Waals surface area contributed by atoms with Crippen LogP contribution in [0.5, 0.6) is 0 Å². The van der Waals surface area contributed by atoms with E-state index in [1.165, 1.54) is 0 Å².